The third-order valence-corrected chi connectivity index (χ3v) is 13.2. The van der Waals surface area contributed by atoms with E-state index in [4.69, 9.17) is 4.74 Å². The predicted octanol–water partition coefficient (Wildman–Crippen LogP) is 8.60. The monoisotopic (exact) mass is 559 g/mol. The van der Waals surface area contributed by atoms with Crippen molar-refractivity contribution in [1.29, 1.82) is 0 Å². The number of carbonyl (C=O) groups is 2. The number of ether oxygens (including phenoxy) is 1. The molecular weight excluding hydrogens is 506 g/mol. The molecule has 4 fully saturated rings. The molecule has 2 unspecified atom stereocenters. The molecule has 6 rings (SSSR count). The van der Waals surface area contributed by atoms with Crippen molar-refractivity contribution in [2.75, 3.05) is 6.61 Å². The van der Waals surface area contributed by atoms with E-state index in [0.29, 0.717) is 28.9 Å². The highest BCUT2D eigenvalue weighted by Gasteiger charge is 2.60. The normalized spacial score (nSPS) is 37.9. The van der Waals surface area contributed by atoms with Gasteiger partial charge in [-0.3, -0.25) is 14.9 Å². The van der Waals surface area contributed by atoms with Gasteiger partial charge in [-0.15, -0.1) is 0 Å². The van der Waals surface area contributed by atoms with Gasteiger partial charge >= 0.3 is 0 Å². The van der Waals surface area contributed by atoms with Gasteiger partial charge in [0.05, 0.1) is 12.2 Å². The van der Waals surface area contributed by atoms with Crippen LogP contribution in [0.15, 0.2) is 30.3 Å². The van der Waals surface area contributed by atoms with Gasteiger partial charge in [-0.2, -0.15) is 0 Å². The molecule has 1 heterocycles. The lowest BCUT2D eigenvalue weighted by Gasteiger charge is -2.61. The zero-order chi connectivity index (χ0) is 28.8. The van der Waals surface area contributed by atoms with Crippen molar-refractivity contribution in [3.8, 4) is 5.75 Å². The van der Waals surface area contributed by atoms with Crippen LogP contribution in [0.25, 0.3) is 5.57 Å². The summed E-state index contributed by atoms with van der Waals surface area (Å²) in [7, 11) is 0. The molecule has 41 heavy (non-hydrogen) atoms. The van der Waals surface area contributed by atoms with Crippen molar-refractivity contribution in [1.82, 2.24) is 5.32 Å². The Bertz CT molecular complexity index is 1160. The summed E-state index contributed by atoms with van der Waals surface area (Å²) < 4.78 is 6.09. The lowest BCUT2D eigenvalue weighted by atomic mass is 9.44. The summed E-state index contributed by atoms with van der Waals surface area (Å²) in [5.74, 6) is 6.38. The van der Waals surface area contributed by atoms with Gasteiger partial charge in [0, 0.05) is 6.08 Å². The van der Waals surface area contributed by atoms with Crippen LogP contribution in [0.2, 0.25) is 0 Å². The molecule has 0 saturated heterocycles. The van der Waals surface area contributed by atoms with Gasteiger partial charge in [-0.05, 0) is 128 Å². The molecule has 4 saturated carbocycles. The Morgan fingerprint density at radius 2 is 1.66 bits per heavy atom. The van der Waals surface area contributed by atoms with E-state index >= 15 is 0 Å². The molecule has 0 bridgehead atoms. The van der Waals surface area contributed by atoms with Gasteiger partial charge in [-0.1, -0.05) is 65.5 Å². The lowest BCUT2D eigenvalue weighted by Crippen LogP contribution is -2.53. The fourth-order valence-electron chi connectivity index (χ4n) is 10.9. The standard InChI is InChI=1S/C37H53NO3/c1-24(23-41-28-14-11-26(12-15-28)30-22-34(39)38-35(30)40)8-7-9-25(2)31-17-18-32-29-16-13-27-10-5-6-20-36(27,3)33(29)19-21-37(31,32)4/h11-12,14-15,22,24-25,27,29,31-33H,5-10,13,16-21,23H2,1-4H3,(H,38,39,40)/t24?,25-,27?,29+,31-,32+,33+,36+,37-/m1/s1. The topological polar surface area (TPSA) is 55.4 Å². The Labute approximate surface area is 248 Å². The van der Waals surface area contributed by atoms with Gasteiger partial charge in [0.15, 0.2) is 0 Å². The minimum Gasteiger partial charge on any atom is -0.493 e. The molecule has 4 heteroatoms. The molecule has 0 spiro atoms. The third-order valence-electron chi connectivity index (χ3n) is 13.2. The fourth-order valence-corrected chi connectivity index (χ4v) is 10.9. The molecule has 1 aliphatic heterocycles. The highest BCUT2D eigenvalue weighted by molar-refractivity contribution is 6.33. The van der Waals surface area contributed by atoms with Crippen molar-refractivity contribution in [2.24, 2.45) is 52.3 Å². The van der Waals surface area contributed by atoms with E-state index < -0.39 is 0 Å². The number of hydrogen-bond donors (Lipinski definition) is 1. The Balaban J connectivity index is 0.966. The number of amides is 2. The number of rotatable bonds is 9. The second-order valence-corrected chi connectivity index (χ2v) is 15.4. The molecule has 224 valence electrons. The van der Waals surface area contributed by atoms with Gasteiger partial charge < -0.3 is 4.74 Å². The molecule has 0 aromatic heterocycles. The molecule has 5 aliphatic rings. The smallest absolute Gasteiger partial charge is 0.258 e. The van der Waals surface area contributed by atoms with E-state index in [2.05, 4.69) is 33.0 Å². The second kappa shape index (κ2) is 11.5. The molecule has 4 aliphatic carbocycles. The van der Waals surface area contributed by atoms with E-state index in [9.17, 15) is 9.59 Å². The first-order valence-electron chi connectivity index (χ1n) is 17.0. The number of nitrogens with one attached hydrogen (secondary N) is 1. The van der Waals surface area contributed by atoms with Crippen molar-refractivity contribution in [2.45, 2.75) is 111 Å². The summed E-state index contributed by atoms with van der Waals surface area (Å²) in [4.78, 5) is 23.3. The lowest BCUT2D eigenvalue weighted by molar-refractivity contribution is -0.123. The molecule has 4 nitrogen and oxygen atoms in total. The van der Waals surface area contributed by atoms with Crippen LogP contribution in [0.1, 0.15) is 117 Å². The van der Waals surface area contributed by atoms with Crippen LogP contribution in [0, 0.1) is 52.3 Å². The van der Waals surface area contributed by atoms with E-state index in [1.165, 1.54) is 89.5 Å². The quantitative estimate of drug-likeness (QED) is 0.308. The van der Waals surface area contributed by atoms with Crippen LogP contribution >= 0.6 is 0 Å². The maximum absolute atomic E-state index is 11.9. The van der Waals surface area contributed by atoms with Gasteiger partial charge in [0.25, 0.3) is 11.8 Å². The Hall–Kier alpha value is -2.10. The Morgan fingerprint density at radius 3 is 2.41 bits per heavy atom. The number of carbonyl (C=O) groups excluding carboxylic acids is 2. The van der Waals surface area contributed by atoms with Gasteiger partial charge in [0.2, 0.25) is 0 Å². The SMILES string of the molecule is CC(CCC[C@@H](C)[C@H]1CC[C@H]2[C@@H]3CCC4CCCC[C@]4(C)[C@H]3CC[C@]12C)COc1ccc(C2=CC(=O)NC2=O)cc1. The molecule has 1 N–H and O–H groups in total. The number of imide groups is 1. The molecule has 0 radical (unpaired) electrons. The van der Waals surface area contributed by atoms with Crippen LogP contribution < -0.4 is 10.1 Å². The minimum atomic E-state index is -0.348. The average molecular weight is 560 g/mol. The van der Waals surface area contributed by atoms with E-state index in [1.807, 2.05) is 24.3 Å². The highest BCUT2D eigenvalue weighted by atomic mass is 16.5. The first kappa shape index (κ1) is 29.0. The number of benzene rings is 1. The van der Waals surface area contributed by atoms with Crippen LogP contribution in [0.4, 0.5) is 0 Å². The first-order valence-corrected chi connectivity index (χ1v) is 17.0. The van der Waals surface area contributed by atoms with E-state index in [1.54, 1.807) is 0 Å². The molecular formula is C37H53NO3. The van der Waals surface area contributed by atoms with E-state index in [-0.39, 0.29) is 11.8 Å². The molecule has 2 amide bonds. The summed E-state index contributed by atoms with van der Waals surface area (Å²) in [6.45, 7) is 11.0. The second-order valence-electron chi connectivity index (χ2n) is 15.4. The summed E-state index contributed by atoms with van der Waals surface area (Å²) in [5, 5.41) is 2.30. The summed E-state index contributed by atoms with van der Waals surface area (Å²) in [6, 6.07) is 7.51. The Kier molecular flexibility index (Phi) is 8.15. The maximum Gasteiger partial charge on any atom is 0.258 e. The van der Waals surface area contributed by atoms with Crippen LogP contribution in [0.5, 0.6) is 5.75 Å². The van der Waals surface area contributed by atoms with Crippen LogP contribution in [-0.4, -0.2) is 18.4 Å². The predicted molar refractivity (Wildman–Crippen MR) is 165 cm³/mol. The Morgan fingerprint density at radius 1 is 0.878 bits per heavy atom. The summed E-state index contributed by atoms with van der Waals surface area (Å²) in [5.41, 5.74) is 2.39. The first-order chi connectivity index (χ1) is 19.7. The van der Waals surface area contributed by atoms with Gasteiger partial charge in [-0.25, -0.2) is 0 Å². The highest BCUT2D eigenvalue weighted by Crippen LogP contribution is 2.68. The fraction of sp³-hybridized carbons (Fsp3) is 0.730. The maximum atomic E-state index is 11.9. The average Bonchev–Trinajstić information content (AvgIpc) is 3.49. The zero-order valence-electron chi connectivity index (χ0n) is 26.1. The largest absolute Gasteiger partial charge is 0.493 e. The van der Waals surface area contributed by atoms with Crippen molar-refractivity contribution < 1.29 is 14.3 Å². The third kappa shape index (κ3) is 5.42. The molecule has 1 aromatic carbocycles. The number of fused-ring (bicyclic) bond motifs is 5. The molecule has 9 atom stereocenters. The number of hydrogen-bond acceptors (Lipinski definition) is 3. The van der Waals surface area contributed by atoms with E-state index in [0.717, 1.165) is 46.8 Å². The summed E-state index contributed by atoms with van der Waals surface area (Å²) in [6.07, 6.45) is 20.2. The van der Waals surface area contributed by atoms with Gasteiger partial charge in [0.1, 0.15) is 5.75 Å². The molecule has 1 aromatic rings. The zero-order valence-corrected chi connectivity index (χ0v) is 26.1. The van der Waals surface area contributed by atoms with Crippen LogP contribution in [0.3, 0.4) is 0 Å². The van der Waals surface area contributed by atoms with Crippen LogP contribution in [-0.2, 0) is 9.59 Å². The van der Waals surface area contributed by atoms with Crippen molar-refractivity contribution >= 4 is 17.4 Å². The summed E-state index contributed by atoms with van der Waals surface area (Å²) >= 11 is 0. The van der Waals surface area contributed by atoms with Crippen molar-refractivity contribution in [3.05, 3.63) is 35.9 Å². The minimum absolute atomic E-state index is 0.331. The van der Waals surface area contributed by atoms with Crippen molar-refractivity contribution in [3.63, 3.8) is 0 Å².